The Kier molecular flexibility index (Phi) is 7.20. The van der Waals surface area contributed by atoms with Crippen molar-refractivity contribution in [3.05, 3.63) is 89.1 Å². The van der Waals surface area contributed by atoms with Crippen molar-refractivity contribution in [1.29, 1.82) is 0 Å². The van der Waals surface area contributed by atoms with Crippen LogP contribution in [-0.2, 0) is 6.54 Å². The molecule has 3 heterocycles. The average molecular weight is 526 g/mol. The molecule has 2 saturated heterocycles. The smallest absolute Gasteiger partial charge is 0.318 e. The maximum absolute atomic E-state index is 12.7. The molecule has 0 bridgehead atoms. The number of piperidine rings is 1. The van der Waals surface area contributed by atoms with Crippen LogP contribution in [0.15, 0.2) is 66.7 Å². The SMILES string of the molecule is Cc1nc(Oc2ccc(C(=O)NC3CC3)cc2)ccc1CN1CCC(N2C(=O)NC[C@H]2c2ccccc2)CC1. The zero-order valence-corrected chi connectivity index (χ0v) is 22.3. The zero-order valence-electron chi connectivity index (χ0n) is 22.3. The van der Waals surface area contributed by atoms with Crippen molar-refractivity contribution in [2.75, 3.05) is 19.6 Å². The molecule has 1 aliphatic carbocycles. The summed E-state index contributed by atoms with van der Waals surface area (Å²) in [7, 11) is 0. The lowest BCUT2D eigenvalue weighted by atomic mass is 9.98. The van der Waals surface area contributed by atoms with E-state index in [-0.39, 0.29) is 24.0 Å². The van der Waals surface area contributed by atoms with Gasteiger partial charge in [-0.15, -0.1) is 0 Å². The monoisotopic (exact) mass is 525 g/mol. The largest absolute Gasteiger partial charge is 0.439 e. The van der Waals surface area contributed by atoms with Crippen LogP contribution in [-0.4, -0.2) is 58.4 Å². The Morgan fingerprint density at radius 3 is 2.44 bits per heavy atom. The van der Waals surface area contributed by atoms with Gasteiger partial charge < -0.3 is 20.3 Å². The van der Waals surface area contributed by atoms with E-state index in [0.717, 1.165) is 51.0 Å². The van der Waals surface area contributed by atoms with Crippen LogP contribution >= 0.6 is 0 Å². The Morgan fingerprint density at radius 1 is 1.00 bits per heavy atom. The minimum absolute atomic E-state index is 0.0360. The Morgan fingerprint density at radius 2 is 1.74 bits per heavy atom. The van der Waals surface area contributed by atoms with E-state index in [1.165, 1.54) is 11.1 Å². The second kappa shape index (κ2) is 11.1. The van der Waals surface area contributed by atoms with Gasteiger partial charge in [-0.05, 0) is 68.0 Å². The van der Waals surface area contributed by atoms with Crippen molar-refractivity contribution in [2.24, 2.45) is 0 Å². The number of hydrogen-bond acceptors (Lipinski definition) is 5. The number of nitrogens with one attached hydrogen (secondary N) is 2. The molecule has 1 aromatic heterocycles. The number of aryl methyl sites for hydroxylation is 1. The van der Waals surface area contributed by atoms with Crippen LogP contribution < -0.4 is 15.4 Å². The van der Waals surface area contributed by atoms with Crippen molar-refractivity contribution >= 4 is 11.9 Å². The fraction of sp³-hybridized carbons (Fsp3) is 0.387. The van der Waals surface area contributed by atoms with E-state index in [2.05, 4.69) is 43.6 Å². The first kappa shape index (κ1) is 25.4. The maximum atomic E-state index is 12.7. The summed E-state index contributed by atoms with van der Waals surface area (Å²) < 4.78 is 5.96. The number of aromatic nitrogens is 1. The lowest BCUT2D eigenvalue weighted by molar-refractivity contribution is 0.0951. The molecule has 39 heavy (non-hydrogen) atoms. The topological polar surface area (TPSA) is 86.8 Å². The summed E-state index contributed by atoms with van der Waals surface area (Å²) in [6.07, 6.45) is 4.05. The molecule has 1 saturated carbocycles. The molecule has 3 fully saturated rings. The van der Waals surface area contributed by atoms with Crippen LogP contribution in [0.5, 0.6) is 11.6 Å². The van der Waals surface area contributed by atoms with Gasteiger partial charge in [0.05, 0.1) is 6.04 Å². The summed E-state index contributed by atoms with van der Waals surface area (Å²) in [5.74, 6) is 1.16. The predicted molar refractivity (Wildman–Crippen MR) is 149 cm³/mol. The first-order valence-corrected chi connectivity index (χ1v) is 13.9. The summed E-state index contributed by atoms with van der Waals surface area (Å²) in [5.41, 5.74) is 3.95. The number of ether oxygens (including phenoxy) is 1. The summed E-state index contributed by atoms with van der Waals surface area (Å²) in [4.78, 5) is 34.1. The highest BCUT2D eigenvalue weighted by atomic mass is 16.5. The number of urea groups is 1. The van der Waals surface area contributed by atoms with Crippen LogP contribution in [0.1, 0.15) is 58.9 Å². The lowest BCUT2D eigenvalue weighted by Gasteiger charge is -2.38. The van der Waals surface area contributed by atoms with Gasteiger partial charge in [0.15, 0.2) is 0 Å². The third-order valence-electron chi connectivity index (χ3n) is 7.97. The molecule has 2 N–H and O–H groups in total. The number of pyridine rings is 1. The zero-order chi connectivity index (χ0) is 26.8. The van der Waals surface area contributed by atoms with Crippen molar-refractivity contribution < 1.29 is 14.3 Å². The maximum Gasteiger partial charge on any atom is 0.318 e. The fourth-order valence-electron chi connectivity index (χ4n) is 5.57. The van der Waals surface area contributed by atoms with E-state index in [0.29, 0.717) is 29.8 Å². The van der Waals surface area contributed by atoms with E-state index in [9.17, 15) is 9.59 Å². The third-order valence-corrected chi connectivity index (χ3v) is 7.97. The first-order valence-electron chi connectivity index (χ1n) is 13.9. The Balaban J connectivity index is 1.02. The number of hydrogen-bond donors (Lipinski definition) is 2. The Labute approximate surface area is 229 Å². The molecule has 8 heteroatoms. The summed E-state index contributed by atoms with van der Waals surface area (Å²) in [6.45, 7) is 5.38. The van der Waals surface area contributed by atoms with Gasteiger partial charge in [0.1, 0.15) is 5.75 Å². The van der Waals surface area contributed by atoms with Crippen LogP contribution in [0.3, 0.4) is 0 Å². The quantitative estimate of drug-likeness (QED) is 0.441. The predicted octanol–water partition coefficient (Wildman–Crippen LogP) is 4.81. The molecule has 8 nitrogen and oxygen atoms in total. The Hall–Kier alpha value is -3.91. The van der Waals surface area contributed by atoms with E-state index < -0.39 is 0 Å². The summed E-state index contributed by atoms with van der Waals surface area (Å²) >= 11 is 0. The number of benzene rings is 2. The van der Waals surface area contributed by atoms with E-state index in [1.54, 1.807) is 24.3 Å². The summed E-state index contributed by atoms with van der Waals surface area (Å²) in [5, 5.41) is 6.05. The molecule has 202 valence electrons. The molecular formula is C31H35N5O3. The molecule has 0 unspecified atom stereocenters. The number of amides is 3. The van der Waals surface area contributed by atoms with Gasteiger partial charge in [0.25, 0.3) is 5.91 Å². The molecule has 3 amide bonds. The minimum atomic E-state index is -0.0360. The lowest BCUT2D eigenvalue weighted by Crippen LogP contribution is -2.46. The van der Waals surface area contributed by atoms with Gasteiger partial charge in [0, 0.05) is 55.6 Å². The molecule has 3 aromatic rings. The molecular weight excluding hydrogens is 490 g/mol. The van der Waals surface area contributed by atoms with Gasteiger partial charge in [-0.25, -0.2) is 9.78 Å². The molecule has 3 aliphatic rings. The number of carbonyl (C=O) groups is 2. The van der Waals surface area contributed by atoms with Gasteiger partial charge in [0.2, 0.25) is 5.88 Å². The van der Waals surface area contributed by atoms with Crippen molar-refractivity contribution in [3.8, 4) is 11.6 Å². The molecule has 1 atom stereocenters. The third kappa shape index (κ3) is 5.91. The van der Waals surface area contributed by atoms with Gasteiger partial charge in [-0.3, -0.25) is 9.69 Å². The van der Waals surface area contributed by atoms with Crippen LogP contribution in [0.25, 0.3) is 0 Å². The van der Waals surface area contributed by atoms with Crippen LogP contribution in [0, 0.1) is 6.92 Å². The molecule has 0 spiro atoms. The van der Waals surface area contributed by atoms with Gasteiger partial charge in [-0.1, -0.05) is 36.4 Å². The first-order chi connectivity index (χ1) is 19.0. The highest BCUT2D eigenvalue weighted by Gasteiger charge is 2.38. The second-order valence-corrected chi connectivity index (χ2v) is 10.8. The van der Waals surface area contributed by atoms with E-state index >= 15 is 0 Å². The highest BCUT2D eigenvalue weighted by molar-refractivity contribution is 5.94. The van der Waals surface area contributed by atoms with Crippen molar-refractivity contribution in [3.63, 3.8) is 0 Å². The number of carbonyl (C=O) groups excluding carboxylic acids is 2. The molecule has 6 rings (SSSR count). The fourth-order valence-corrected chi connectivity index (χ4v) is 5.57. The number of nitrogens with zero attached hydrogens (tertiary/aromatic N) is 3. The second-order valence-electron chi connectivity index (χ2n) is 10.8. The Bertz CT molecular complexity index is 1320. The van der Waals surface area contributed by atoms with E-state index in [4.69, 9.17) is 4.74 Å². The van der Waals surface area contributed by atoms with E-state index in [1.807, 2.05) is 31.2 Å². The molecule has 2 aromatic carbocycles. The van der Waals surface area contributed by atoms with Crippen molar-refractivity contribution in [2.45, 2.75) is 57.3 Å². The number of likely N-dealkylation sites (tertiary alicyclic amines) is 1. The molecule has 0 radical (unpaired) electrons. The highest BCUT2D eigenvalue weighted by Crippen LogP contribution is 2.31. The minimum Gasteiger partial charge on any atom is -0.439 e. The number of rotatable bonds is 8. The average Bonchev–Trinajstić information content (AvgIpc) is 3.69. The van der Waals surface area contributed by atoms with Crippen molar-refractivity contribution in [1.82, 2.24) is 25.4 Å². The molecule has 2 aliphatic heterocycles. The van der Waals surface area contributed by atoms with Gasteiger partial charge >= 0.3 is 6.03 Å². The normalized spacial score (nSPS) is 20.1. The van der Waals surface area contributed by atoms with Crippen LogP contribution in [0.4, 0.5) is 4.79 Å². The van der Waals surface area contributed by atoms with Crippen LogP contribution in [0.2, 0.25) is 0 Å². The summed E-state index contributed by atoms with van der Waals surface area (Å²) in [6, 6.07) is 22.2. The standard InChI is InChI=1S/C31H35N5O3/c1-21-24(9-14-29(33-21)39-27-12-7-23(8-13-27)30(37)34-25-10-11-25)20-35-17-15-26(16-18-35)36-28(19-32-31(36)38)22-5-3-2-4-6-22/h2-9,12-14,25-26,28H,10-11,15-20H2,1H3,(H,32,38)(H,34,37)/t28-/m0/s1. The van der Waals surface area contributed by atoms with Gasteiger partial charge in [-0.2, -0.15) is 0 Å².